The molecule has 3 aromatic heterocycles. The molecule has 1 aliphatic heterocycles. The number of hydrogen-bond donors (Lipinski definition) is 2. The van der Waals surface area contributed by atoms with Crippen molar-refractivity contribution in [1.29, 1.82) is 0 Å². The average Bonchev–Trinajstić information content (AvgIpc) is 3.33. The van der Waals surface area contributed by atoms with Crippen LogP contribution in [0, 0.1) is 6.92 Å². The van der Waals surface area contributed by atoms with Crippen molar-refractivity contribution in [1.82, 2.24) is 24.8 Å². The summed E-state index contributed by atoms with van der Waals surface area (Å²) in [4.78, 5) is 30.3. The van der Waals surface area contributed by atoms with Crippen LogP contribution in [0.4, 0.5) is 0 Å². The van der Waals surface area contributed by atoms with Crippen molar-refractivity contribution in [3.63, 3.8) is 0 Å². The Morgan fingerprint density at radius 3 is 2.77 bits per heavy atom. The number of H-pyrrole nitrogens is 1. The normalized spacial score (nSPS) is 16.8. The van der Waals surface area contributed by atoms with Gasteiger partial charge in [-0.05, 0) is 37.1 Å². The van der Waals surface area contributed by atoms with Gasteiger partial charge in [-0.1, -0.05) is 0 Å². The van der Waals surface area contributed by atoms with Crippen molar-refractivity contribution in [2.45, 2.75) is 24.3 Å². The van der Waals surface area contributed by atoms with Gasteiger partial charge >= 0.3 is 0 Å². The van der Waals surface area contributed by atoms with Gasteiger partial charge in [0.15, 0.2) is 15.7 Å². The molecule has 0 aliphatic carbocycles. The number of aliphatic hydroxyl groups is 1. The van der Waals surface area contributed by atoms with E-state index in [9.17, 15) is 18.3 Å². The van der Waals surface area contributed by atoms with Gasteiger partial charge in [-0.3, -0.25) is 14.8 Å². The molecule has 0 spiro atoms. The summed E-state index contributed by atoms with van der Waals surface area (Å²) in [6, 6.07) is 5.07. The molecule has 3 aromatic rings. The number of aromatic amines is 1. The van der Waals surface area contributed by atoms with E-state index in [1.54, 1.807) is 42.4 Å². The second kappa shape index (κ2) is 7.62. The maximum atomic E-state index is 12.7. The first-order chi connectivity index (χ1) is 14.2. The van der Waals surface area contributed by atoms with E-state index in [2.05, 4.69) is 19.9 Å². The number of nitrogens with one attached hydrogen (secondary N) is 1. The Morgan fingerprint density at radius 2 is 2.07 bits per heavy atom. The molecule has 1 fully saturated rings. The summed E-state index contributed by atoms with van der Waals surface area (Å²) in [5.74, 6) is 0.206. The highest BCUT2D eigenvalue weighted by Gasteiger charge is 2.28. The Morgan fingerprint density at radius 1 is 1.27 bits per heavy atom. The van der Waals surface area contributed by atoms with E-state index in [1.165, 1.54) is 6.20 Å². The van der Waals surface area contributed by atoms with Gasteiger partial charge in [0.25, 0.3) is 5.91 Å². The Balaban J connectivity index is 1.66. The summed E-state index contributed by atoms with van der Waals surface area (Å²) >= 11 is 0. The number of sulfone groups is 1. The van der Waals surface area contributed by atoms with E-state index in [-0.39, 0.29) is 10.8 Å². The van der Waals surface area contributed by atoms with Gasteiger partial charge in [-0.15, -0.1) is 0 Å². The molecule has 1 atom stereocenters. The maximum Gasteiger partial charge on any atom is 0.274 e. The third-order valence-electron chi connectivity index (χ3n) is 5.02. The predicted molar refractivity (Wildman–Crippen MR) is 109 cm³/mol. The van der Waals surface area contributed by atoms with Gasteiger partial charge in [-0.25, -0.2) is 13.4 Å². The fourth-order valence-electron chi connectivity index (χ4n) is 3.39. The Labute approximate surface area is 173 Å². The average molecular weight is 427 g/mol. The highest BCUT2D eigenvalue weighted by Crippen LogP contribution is 2.25. The largest absolute Gasteiger partial charge is 0.391 e. The Kier molecular flexibility index (Phi) is 5.12. The minimum absolute atomic E-state index is 0.132. The van der Waals surface area contributed by atoms with Gasteiger partial charge < -0.3 is 15.0 Å². The Hall–Kier alpha value is -3.11. The molecule has 156 valence electrons. The smallest absolute Gasteiger partial charge is 0.274 e. The summed E-state index contributed by atoms with van der Waals surface area (Å²) in [6.45, 7) is 2.57. The lowest BCUT2D eigenvalue weighted by Crippen LogP contribution is -2.30. The predicted octanol–water partition coefficient (Wildman–Crippen LogP) is 1.45. The summed E-state index contributed by atoms with van der Waals surface area (Å²) in [7, 11) is -3.38. The second-order valence-electron chi connectivity index (χ2n) is 7.36. The zero-order chi connectivity index (χ0) is 21.5. The third kappa shape index (κ3) is 3.96. The molecule has 4 heterocycles. The van der Waals surface area contributed by atoms with Gasteiger partial charge in [0.1, 0.15) is 11.4 Å². The molecule has 2 N–H and O–H groups in total. The summed E-state index contributed by atoms with van der Waals surface area (Å²) in [5, 5.41) is 9.68. The molecular weight excluding hydrogens is 406 g/mol. The van der Waals surface area contributed by atoms with Gasteiger partial charge in [0, 0.05) is 49.2 Å². The van der Waals surface area contributed by atoms with Crippen LogP contribution in [0.15, 0.2) is 41.7 Å². The monoisotopic (exact) mass is 427 g/mol. The van der Waals surface area contributed by atoms with E-state index in [0.29, 0.717) is 48.0 Å². The molecular formula is C20H21N5O4S. The van der Waals surface area contributed by atoms with E-state index >= 15 is 0 Å². The number of β-amino-alcohol motifs (C(OH)–C–C–N with tert-alkyl or cyclic N) is 1. The van der Waals surface area contributed by atoms with Gasteiger partial charge in [0.2, 0.25) is 0 Å². The van der Waals surface area contributed by atoms with Crippen LogP contribution < -0.4 is 0 Å². The first-order valence-electron chi connectivity index (χ1n) is 9.38. The number of pyridine rings is 2. The van der Waals surface area contributed by atoms with Crippen LogP contribution in [0.3, 0.4) is 0 Å². The van der Waals surface area contributed by atoms with Crippen LogP contribution >= 0.6 is 0 Å². The van der Waals surface area contributed by atoms with Crippen molar-refractivity contribution < 1.29 is 18.3 Å². The number of carbonyl (C=O) groups is 1. The molecule has 4 rings (SSSR count). The summed E-state index contributed by atoms with van der Waals surface area (Å²) < 4.78 is 23.6. The lowest BCUT2D eigenvalue weighted by molar-refractivity contribution is 0.0759. The number of aryl methyl sites for hydroxylation is 1. The molecule has 1 aliphatic rings. The first-order valence-corrected chi connectivity index (χ1v) is 11.3. The number of imidazole rings is 1. The van der Waals surface area contributed by atoms with Crippen LogP contribution in [0.2, 0.25) is 0 Å². The quantitative estimate of drug-likeness (QED) is 0.645. The highest BCUT2D eigenvalue weighted by atomic mass is 32.2. The van der Waals surface area contributed by atoms with E-state index < -0.39 is 15.9 Å². The number of hydrogen-bond acceptors (Lipinski definition) is 7. The fourth-order valence-corrected chi connectivity index (χ4v) is 3.98. The molecule has 0 saturated carbocycles. The first kappa shape index (κ1) is 20.2. The van der Waals surface area contributed by atoms with Crippen molar-refractivity contribution in [3.05, 3.63) is 48.2 Å². The van der Waals surface area contributed by atoms with Crippen molar-refractivity contribution in [3.8, 4) is 22.6 Å². The van der Waals surface area contributed by atoms with E-state index in [1.807, 2.05) is 0 Å². The number of aliphatic hydroxyl groups excluding tert-OH is 1. The van der Waals surface area contributed by atoms with Crippen LogP contribution in [0.1, 0.15) is 22.6 Å². The number of rotatable bonds is 4. The molecule has 0 bridgehead atoms. The van der Waals surface area contributed by atoms with Gasteiger partial charge in [-0.2, -0.15) is 0 Å². The molecule has 1 amide bonds. The summed E-state index contributed by atoms with van der Waals surface area (Å²) in [5.41, 5.74) is 2.78. The molecule has 0 aromatic carbocycles. The molecule has 9 nitrogen and oxygen atoms in total. The van der Waals surface area contributed by atoms with Crippen LogP contribution in [0.25, 0.3) is 22.6 Å². The van der Waals surface area contributed by atoms with E-state index in [4.69, 9.17) is 0 Å². The number of amides is 1. The zero-order valence-corrected chi connectivity index (χ0v) is 17.3. The van der Waals surface area contributed by atoms with Crippen LogP contribution in [0.5, 0.6) is 0 Å². The molecule has 1 unspecified atom stereocenters. The second-order valence-corrected chi connectivity index (χ2v) is 9.38. The van der Waals surface area contributed by atoms with Gasteiger partial charge in [0.05, 0.1) is 11.0 Å². The molecule has 0 radical (unpaired) electrons. The minimum atomic E-state index is -3.38. The number of aromatic nitrogens is 4. The van der Waals surface area contributed by atoms with E-state index in [0.717, 1.165) is 11.8 Å². The Bertz CT molecular complexity index is 1220. The standard InChI is InChI=1S/C20H21N5O4S/c1-12-18(20(27)25-6-4-15(26)11-25)24-19(23-12)17-8-13(3-5-22-17)14-7-16(10-21-9-14)30(2,28)29/h3,5,7-10,15,26H,4,6,11H2,1-2H3,(H,23,24). The zero-order valence-electron chi connectivity index (χ0n) is 16.5. The van der Waals surface area contributed by atoms with Crippen molar-refractivity contribution >= 4 is 15.7 Å². The van der Waals surface area contributed by atoms with Crippen LogP contribution in [-0.2, 0) is 9.84 Å². The molecule has 30 heavy (non-hydrogen) atoms. The van der Waals surface area contributed by atoms with Crippen molar-refractivity contribution in [2.75, 3.05) is 19.3 Å². The van der Waals surface area contributed by atoms with Crippen molar-refractivity contribution in [2.24, 2.45) is 0 Å². The minimum Gasteiger partial charge on any atom is -0.391 e. The maximum absolute atomic E-state index is 12.7. The lowest BCUT2D eigenvalue weighted by atomic mass is 10.1. The number of carbonyl (C=O) groups excluding carboxylic acids is 1. The SMILES string of the molecule is Cc1[nH]c(-c2cc(-c3cncc(S(C)(=O)=O)c3)ccn2)nc1C(=O)N1CCC(O)C1. The topological polar surface area (TPSA) is 129 Å². The summed E-state index contributed by atoms with van der Waals surface area (Å²) in [6.07, 6.45) is 5.68. The molecule has 1 saturated heterocycles. The number of nitrogens with zero attached hydrogens (tertiary/aromatic N) is 4. The highest BCUT2D eigenvalue weighted by molar-refractivity contribution is 7.90. The lowest BCUT2D eigenvalue weighted by Gasteiger charge is -2.14. The third-order valence-corrected chi connectivity index (χ3v) is 6.09. The number of likely N-dealkylation sites (tertiary alicyclic amines) is 1. The fraction of sp³-hybridized carbons (Fsp3) is 0.300. The molecule has 10 heteroatoms. The van der Waals surface area contributed by atoms with Crippen LogP contribution in [-0.4, -0.2) is 69.7 Å².